The summed E-state index contributed by atoms with van der Waals surface area (Å²) < 4.78 is 27.4. The van der Waals surface area contributed by atoms with Crippen LogP contribution < -0.4 is 10.0 Å². The highest BCUT2D eigenvalue weighted by atomic mass is 32.2. The van der Waals surface area contributed by atoms with Crippen LogP contribution in [0.25, 0.3) is 11.3 Å². The molecule has 28 heavy (non-hydrogen) atoms. The fourth-order valence-corrected chi connectivity index (χ4v) is 4.98. The van der Waals surface area contributed by atoms with Gasteiger partial charge in [-0.25, -0.2) is 18.1 Å². The first-order valence-electron chi connectivity index (χ1n) is 8.89. The Morgan fingerprint density at radius 2 is 1.86 bits per heavy atom. The molecular formula is C20H19N3O3S2. The van der Waals surface area contributed by atoms with Crippen molar-refractivity contribution in [3.05, 3.63) is 64.5 Å². The average molecular weight is 414 g/mol. The molecule has 4 rings (SSSR count). The van der Waals surface area contributed by atoms with Crippen molar-refractivity contribution in [1.82, 2.24) is 9.71 Å². The van der Waals surface area contributed by atoms with E-state index in [2.05, 4.69) is 15.0 Å². The molecule has 144 valence electrons. The Balaban J connectivity index is 1.59. The summed E-state index contributed by atoms with van der Waals surface area (Å²) in [4.78, 5) is 18.0. The van der Waals surface area contributed by atoms with Crippen LogP contribution in [0.15, 0.2) is 59.5 Å². The topological polar surface area (TPSA) is 88.2 Å². The number of thiazole rings is 1. The molecule has 1 fully saturated rings. The van der Waals surface area contributed by atoms with Crippen LogP contribution in [0.1, 0.15) is 27.5 Å². The van der Waals surface area contributed by atoms with Crippen molar-refractivity contribution in [2.45, 2.75) is 30.7 Å². The number of sulfonamides is 1. The number of hydrogen-bond acceptors (Lipinski definition) is 5. The van der Waals surface area contributed by atoms with Crippen LogP contribution in [0.2, 0.25) is 0 Å². The Hall–Kier alpha value is -2.55. The molecule has 3 aromatic rings. The van der Waals surface area contributed by atoms with Gasteiger partial charge in [0.05, 0.1) is 15.6 Å². The van der Waals surface area contributed by atoms with Gasteiger partial charge in [-0.1, -0.05) is 36.4 Å². The molecule has 2 aromatic carbocycles. The maximum absolute atomic E-state index is 12.9. The molecule has 1 heterocycles. The number of carbonyl (C=O) groups is 1. The summed E-state index contributed by atoms with van der Waals surface area (Å²) in [6.07, 6.45) is 1.73. The second-order valence-corrected chi connectivity index (χ2v) is 9.57. The predicted molar refractivity (Wildman–Crippen MR) is 110 cm³/mol. The lowest BCUT2D eigenvalue weighted by atomic mass is 10.1. The average Bonchev–Trinajstić information content (AvgIpc) is 3.39. The Morgan fingerprint density at radius 1 is 1.11 bits per heavy atom. The fourth-order valence-electron chi connectivity index (χ4n) is 2.79. The molecule has 0 aliphatic heterocycles. The lowest BCUT2D eigenvalue weighted by molar-refractivity contribution is 0.103. The lowest BCUT2D eigenvalue weighted by Crippen LogP contribution is -2.25. The lowest BCUT2D eigenvalue weighted by Gasteiger charge is -2.09. The summed E-state index contributed by atoms with van der Waals surface area (Å²) in [7, 11) is -3.58. The number of aromatic nitrogens is 1. The van der Waals surface area contributed by atoms with Crippen molar-refractivity contribution >= 4 is 33.0 Å². The zero-order valence-electron chi connectivity index (χ0n) is 15.2. The highest BCUT2D eigenvalue weighted by molar-refractivity contribution is 7.89. The summed E-state index contributed by atoms with van der Waals surface area (Å²) in [5, 5.41) is 3.59. The number of nitrogens with one attached hydrogen (secondary N) is 2. The Morgan fingerprint density at radius 3 is 2.57 bits per heavy atom. The van der Waals surface area contributed by atoms with E-state index in [0.717, 1.165) is 23.4 Å². The maximum atomic E-state index is 12.9. The SMILES string of the molecule is Cc1nc(-c2ccccc2)c(C(=O)Nc2cccc(S(=O)(=O)NC3CC3)c2)s1. The summed E-state index contributed by atoms with van der Waals surface area (Å²) in [5.41, 5.74) is 1.91. The number of amides is 1. The number of anilines is 1. The summed E-state index contributed by atoms with van der Waals surface area (Å²) in [6.45, 7) is 1.85. The van der Waals surface area contributed by atoms with Gasteiger partial charge in [0, 0.05) is 17.3 Å². The van der Waals surface area contributed by atoms with Crippen LogP contribution in [0.5, 0.6) is 0 Å². The Bertz CT molecular complexity index is 1120. The molecule has 1 aliphatic rings. The fraction of sp³-hybridized carbons (Fsp3) is 0.200. The molecule has 0 spiro atoms. The van der Waals surface area contributed by atoms with E-state index in [1.807, 2.05) is 37.3 Å². The highest BCUT2D eigenvalue weighted by Gasteiger charge is 2.28. The normalized spacial score (nSPS) is 14.0. The van der Waals surface area contributed by atoms with Crippen molar-refractivity contribution < 1.29 is 13.2 Å². The van der Waals surface area contributed by atoms with Crippen LogP contribution in [-0.2, 0) is 10.0 Å². The number of carbonyl (C=O) groups excluding carboxylic acids is 1. The molecule has 0 radical (unpaired) electrons. The first-order valence-corrected chi connectivity index (χ1v) is 11.2. The van der Waals surface area contributed by atoms with Crippen molar-refractivity contribution in [2.24, 2.45) is 0 Å². The van der Waals surface area contributed by atoms with E-state index in [1.165, 1.54) is 23.5 Å². The first kappa shape index (κ1) is 18.8. The minimum atomic E-state index is -3.58. The van der Waals surface area contributed by atoms with Crippen molar-refractivity contribution in [3.8, 4) is 11.3 Å². The smallest absolute Gasteiger partial charge is 0.268 e. The Kier molecular flexibility index (Phi) is 5.01. The van der Waals surface area contributed by atoms with Crippen molar-refractivity contribution in [3.63, 3.8) is 0 Å². The number of aryl methyl sites for hydroxylation is 1. The van der Waals surface area contributed by atoms with Gasteiger partial charge < -0.3 is 5.32 Å². The quantitative estimate of drug-likeness (QED) is 0.643. The summed E-state index contributed by atoms with van der Waals surface area (Å²) >= 11 is 1.31. The number of benzene rings is 2. The summed E-state index contributed by atoms with van der Waals surface area (Å²) in [6, 6.07) is 15.8. The standard InChI is InChI=1S/C20H19N3O3S2/c1-13-21-18(14-6-3-2-4-7-14)19(27-13)20(24)22-16-8-5-9-17(12-16)28(25,26)23-15-10-11-15/h2-9,12,15,23H,10-11H2,1H3,(H,22,24). The largest absolute Gasteiger partial charge is 0.321 e. The zero-order valence-corrected chi connectivity index (χ0v) is 16.8. The monoisotopic (exact) mass is 413 g/mol. The van der Waals surface area contributed by atoms with Gasteiger partial charge in [-0.3, -0.25) is 4.79 Å². The molecule has 1 saturated carbocycles. The van der Waals surface area contributed by atoms with Crippen LogP contribution in [0, 0.1) is 6.92 Å². The second kappa shape index (κ2) is 7.46. The van der Waals surface area contributed by atoms with Gasteiger partial charge in [0.25, 0.3) is 5.91 Å². The van der Waals surface area contributed by atoms with E-state index in [4.69, 9.17) is 0 Å². The third kappa shape index (κ3) is 4.14. The van der Waals surface area contributed by atoms with Gasteiger partial charge in [-0.15, -0.1) is 11.3 Å². The van der Waals surface area contributed by atoms with E-state index in [-0.39, 0.29) is 16.8 Å². The number of rotatable bonds is 6. The minimum Gasteiger partial charge on any atom is -0.321 e. The summed E-state index contributed by atoms with van der Waals surface area (Å²) in [5.74, 6) is -0.311. The number of nitrogens with zero attached hydrogens (tertiary/aromatic N) is 1. The van der Waals surface area contributed by atoms with Gasteiger partial charge in [-0.2, -0.15) is 0 Å². The maximum Gasteiger partial charge on any atom is 0.268 e. The second-order valence-electron chi connectivity index (χ2n) is 6.65. The van der Waals surface area contributed by atoms with Crippen LogP contribution >= 0.6 is 11.3 Å². The van der Waals surface area contributed by atoms with Crippen LogP contribution in [-0.4, -0.2) is 25.4 Å². The Labute approximate surface area is 167 Å². The van der Waals surface area contributed by atoms with Crippen LogP contribution in [0.3, 0.4) is 0 Å². The number of hydrogen-bond donors (Lipinski definition) is 2. The third-order valence-corrected chi connectivity index (χ3v) is 6.78. The van der Waals surface area contributed by atoms with E-state index < -0.39 is 10.0 Å². The highest BCUT2D eigenvalue weighted by Crippen LogP contribution is 2.29. The molecule has 2 N–H and O–H groups in total. The van der Waals surface area contributed by atoms with E-state index in [9.17, 15) is 13.2 Å². The van der Waals surface area contributed by atoms with E-state index in [1.54, 1.807) is 12.1 Å². The molecule has 0 atom stereocenters. The van der Waals surface area contributed by atoms with Gasteiger partial charge >= 0.3 is 0 Å². The van der Waals surface area contributed by atoms with Gasteiger partial charge in [0.1, 0.15) is 4.88 Å². The molecule has 0 bridgehead atoms. The zero-order chi connectivity index (χ0) is 19.7. The molecule has 0 unspecified atom stereocenters. The molecular weight excluding hydrogens is 394 g/mol. The first-order chi connectivity index (χ1) is 13.4. The molecule has 8 heteroatoms. The molecule has 0 saturated heterocycles. The molecule has 1 amide bonds. The van der Waals surface area contributed by atoms with E-state index >= 15 is 0 Å². The molecule has 1 aliphatic carbocycles. The van der Waals surface area contributed by atoms with Gasteiger partial charge in [-0.05, 0) is 38.0 Å². The third-order valence-electron chi connectivity index (χ3n) is 4.29. The van der Waals surface area contributed by atoms with Gasteiger partial charge in [0.15, 0.2) is 0 Å². The molecule has 6 nitrogen and oxygen atoms in total. The van der Waals surface area contributed by atoms with Crippen LogP contribution in [0.4, 0.5) is 5.69 Å². The van der Waals surface area contributed by atoms with Gasteiger partial charge in [0.2, 0.25) is 10.0 Å². The van der Waals surface area contributed by atoms with Crippen molar-refractivity contribution in [2.75, 3.05) is 5.32 Å². The minimum absolute atomic E-state index is 0.0249. The molecule has 1 aromatic heterocycles. The van der Waals surface area contributed by atoms with Crippen molar-refractivity contribution in [1.29, 1.82) is 0 Å². The van der Waals surface area contributed by atoms with E-state index in [0.29, 0.717) is 16.3 Å². The predicted octanol–water partition coefficient (Wildman–Crippen LogP) is 3.81.